The quantitative estimate of drug-likeness (QED) is 0.289. The van der Waals surface area contributed by atoms with Crippen molar-refractivity contribution in [1.82, 2.24) is 20.1 Å². The number of nitrogens with one attached hydrogen (secondary N) is 2. The molecule has 2 amide bonds. The molecular formula is C25H21ClFN5O4. The predicted molar refractivity (Wildman–Crippen MR) is 132 cm³/mol. The zero-order valence-corrected chi connectivity index (χ0v) is 19.5. The van der Waals surface area contributed by atoms with Gasteiger partial charge in [-0.2, -0.15) is 5.10 Å². The fourth-order valence-electron chi connectivity index (χ4n) is 3.34. The molecule has 9 nitrogen and oxygen atoms in total. The summed E-state index contributed by atoms with van der Waals surface area (Å²) < 4.78 is 15.6. The fourth-order valence-corrected chi connectivity index (χ4v) is 3.54. The summed E-state index contributed by atoms with van der Waals surface area (Å²) in [7, 11) is 0. The number of hydrogen-bond donors (Lipinski definition) is 4. The molecule has 1 unspecified atom stereocenters. The minimum absolute atomic E-state index is 0.0327. The third-order valence-corrected chi connectivity index (χ3v) is 5.47. The lowest BCUT2D eigenvalue weighted by Crippen LogP contribution is -2.34. The summed E-state index contributed by atoms with van der Waals surface area (Å²) in [5.74, 6) is -1.60. The van der Waals surface area contributed by atoms with Crippen LogP contribution in [0.3, 0.4) is 0 Å². The average molecular weight is 510 g/mol. The molecule has 0 bridgehead atoms. The molecule has 0 aliphatic carbocycles. The number of amides is 2. The van der Waals surface area contributed by atoms with Gasteiger partial charge in [-0.3, -0.25) is 14.6 Å². The normalized spacial score (nSPS) is 11.7. The van der Waals surface area contributed by atoms with Gasteiger partial charge >= 0.3 is 0 Å². The molecular weight excluding hydrogens is 489 g/mol. The first kappa shape index (κ1) is 25.0. The van der Waals surface area contributed by atoms with Crippen LogP contribution in [-0.2, 0) is 0 Å². The van der Waals surface area contributed by atoms with Crippen molar-refractivity contribution in [2.75, 3.05) is 18.5 Å². The number of aliphatic hydroxyl groups excluding tert-OH is 2. The summed E-state index contributed by atoms with van der Waals surface area (Å²) in [5, 5.41) is 28.0. The standard InChI is InChI=1S/C25H21ClFN5O4/c26-19-9-8-15(23-20(27)7-4-10-28-23)11-18(19)24(35)30-22-12-21(25(36)29-13-17(34)14-33)31-32(22)16-5-2-1-3-6-16/h1-12,17,33-34H,13-14H2,(H,29,36)(H,30,35). The van der Waals surface area contributed by atoms with Gasteiger partial charge in [-0.1, -0.05) is 35.9 Å². The number of rotatable bonds is 8. The summed E-state index contributed by atoms with van der Waals surface area (Å²) >= 11 is 6.28. The van der Waals surface area contributed by atoms with E-state index < -0.39 is 30.3 Å². The van der Waals surface area contributed by atoms with E-state index in [1.165, 1.54) is 41.2 Å². The summed E-state index contributed by atoms with van der Waals surface area (Å²) in [6, 6.07) is 17.3. The van der Waals surface area contributed by atoms with Gasteiger partial charge in [0.25, 0.3) is 11.8 Å². The molecule has 4 aromatic rings. The number of pyridine rings is 1. The summed E-state index contributed by atoms with van der Waals surface area (Å²) in [4.78, 5) is 29.8. The Bertz CT molecular complexity index is 1400. The van der Waals surface area contributed by atoms with Gasteiger partial charge in [-0.05, 0) is 36.4 Å². The Morgan fingerprint density at radius 3 is 2.56 bits per heavy atom. The van der Waals surface area contributed by atoms with Crippen LogP contribution >= 0.6 is 11.6 Å². The van der Waals surface area contributed by atoms with E-state index in [1.54, 1.807) is 36.4 Å². The molecule has 184 valence electrons. The predicted octanol–water partition coefficient (Wildman–Crippen LogP) is 3.06. The maximum absolute atomic E-state index is 14.2. The molecule has 0 saturated heterocycles. The van der Waals surface area contributed by atoms with Crippen LogP contribution in [0.1, 0.15) is 20.8 Å². The highest BCUT2D eigenvalue weighted by Crippen LogP contribution is 2.27. The number of halogens is 2. The number of anilines is 1. The van der Waals surface area contributed by atoms with Crippen LogP contribution < -0.4 is 10.6 Å². The van der Waals surface area contributed by atoms with Gasteiger partial charge in [0.15, 0.2) is 5.69 Å². The highest BCUT2D eigenvalue weighted by molar-refractivity contribution is 6.34. The van der Waals surface area contributed by atoms with Crippen molar-refractivity contribution in [2.45, 2.75) is 6.10 Å². The molecule has 4 rings (SSSR count). The van der Waals surface area contributed by atoms with Crippen LogP contribution in [0.15, 0.2) is 72.9 Å². The van der Waals surface area contributed by atoms with Gasteiger partial charge in [0, 0.05) is 24.4 Å². The maximum atomic E-state index is 14.2. The van der Waals surface area contributed by atoms with E-state index in [0.717, 1.165) is 0 Å². The first-order chi connectivity index (χ1) is 17.4. The molecule has 11 heteroatoms. The second-order valence-corrected chi connectivity index (χ2v) is 8.10. The topological polar surface area (TPSA) is 129 Å². The molecule has 0 aliphatic rings. The first-order valence-corrected chi connectivity index (χ1v) is 11.2. The number of hydrogen-bond acceptors (Lipinski definition) is 6. The minimum Gasteiger partial charge on any atom is -0.394 e. The van der Waals surface area contributed by atoms with Crippen molar-refractivity contribution in [1.29, 1.82) is 0 Å². The van der Waals surface area contributed by atoms with Gasteiger partial charge in [-0.25, -0.2) is 9.07 Å². The fraction of sp³-hybridized carbons (Fsp3) is 0.120. The van der Waals surface area contributed by atoms with Crippen molar-refractivity contribution in [3.63, 3.8) is 0 Å². The van der Waals surface area contributed by atoms with Crippen molar-refractivity contribution < 1.29 is 24.2 Å². The number of aromatic nitrogens is 3. The zero-order chi connectivity index (χ0) is 25.7. The summed E-state index contributed by atoms with van der Waals surface area (Å²) in [6.45, 7) is -0.691. The Labute approximate surface area is 210 Å². The van der Waals surface area contributed by atoms with Crippen molar-refractivity contribution in [2.24, 2.45) is 0 Å². The minimum atomic E-state index is -1.12. The number of carbonyl (C=O) groups excluding carboxylic acids is 2. The van der Waals surface area contributed by atoms with E-state index in [4.69, 9.17) is 16.7 Å². The third-order valence-electron chi connectivity index (χ3n) is 5.14. The third kappa shape index (κ3) is 5.57. The van der Waals surface area contributed by atoms with Gasteiger partial charge in [-0.15, -0.1) is 0 Å². The Kier molecular flexibility index (Phi) is 7.69. The average Bonchev–Trinajstić information content (AvgIpc) is 3.32. The second kappa shape index (κ2) is 11.1. The maximum Gasteiger partial charge on any atom is 0.271 e. The largest absolute Gasteiger partial charge is 0.394 e. The van der Waals surface area contributed by atoms with Gasteiger partial charge in [0.1, 0.15) is 17.3 Å². The van der Waals surface area contributed by atoms with Crippen LogP contribution in [0.4, 0.5) is 10.2 Å². The molecule has 2 aromatic heterocycles. The van der Waals surface area contributed by atoms with E-state index in [0.29, 0.717) is 11.3 Å². The number of carbonyl (C=O) groups is 2. The molecule has 0 aliphatic heterocycles. The van der Waals surface area contributed by atoms with Crippen LogP contribution in [0.2, 0.25) is 5.02 Å². The Hall–Kier alpha value is -4.12. The molecule has 0 radical (unpaired) electrons. The number of nitrogens with zero attached hydrogens (tertiary/aromatic N) is 3. The molecule has 0 spiro atoms. The number of benzene rings is 2. The summed E-state index contributed by atoms with van der Waals surface area (Å²) in [6.07, 6.45) is 0.319. The van der Waals surface area contributed by atoms with E-state index in [2.05, 4.69) is 20.7 Å². The molecule has 2 aromatic carbocycles. The van der Waals surface area contributed by atoms with Crippen molar-refractivity contribution >= 4 is 29.2 Å². The van der Waals surface area contributed by atoms with Crippen LogP contribution in [0.5, 0.6) is 0 Å². The molecule has 2 heterocycles. The zero-order valence-electron chi connectivity index (χ0n) is 18.7. The number of aliphatic hydroxyl groups is 2. The Morgan fingerprint density at radius 1 is 1.06 bits per heavy atom. The van der Waals surface area contributed by atoms with Crippen LogP contribution in [-0.4, -0.2) is 56.0 Å². The highest BCUT2D eigenvalue weighted by Gasteiger charge is 2.20. The van der Waals surface area contributed by atoms with Crippen molar-refractivity contribution in [3.8, 4) is 16.9 Å². The lowest BCUT2D eigenvalue weighted by atomic mass is 10.1. The lowest BCUT2D eigenvalue weighted by Gasteiger charge is -2.11. The SMILES string of the molecule is O=C(NCC(O)CO)c1cc(NC(=O)c2cc(-c3ncccc3F)ccc2Cl)n(-c2ccccc2)n1. The van der Waals surface area contributed by atoms with E-state index in [9.17, 15) is 19.1 Å². The second-order valence-electron chi connectivity index (χ2n) is 7.69. The molecule has 0 fully saturated rings. The van der Waals surface area contributed by atoms with Crippen LogP contribution in [0.25, 0.3) is 16.9 Å². The summed E-state index contributed by atoms with van der Waals surface area (Å²) in [5.41, 5.74) is 1.03. The molecule has 1 atom stereocenters. The Morgan fingerprint density at radius 2 is 1.83 bits per heavy atom. The lowest BCUT2D eigenvalue weighted by molar-refractivity contribution is 0.0798. The van der Waals surface area contributed by atoms with Crippen molar-refractivity contribution in [3.05, 3.63) is 95.0 Å². The van der Waals surface area contributed by atoms with E-state index in [-0.39, 0.29) is 34.3 Å². The molecule has 36 heavy (non-hydrogen) atoms. The molecule has 0 saturated carbocycles. The van der Waals surface area contributed by atoms with Gasteiger partial charge in [0.05, 0.1) is 29.0 Å². The van der Waals surface area contributed by atoms with Gasteiger partial charge < -0.3 is 20.8 Å². The van der Waals surface area contributed by atoms with Crippen LogP contribution in [0, 0.1) is 5.82 Å². The van der Waals surface area contributed by atoms with E-state index in [1.807, 2.05) is 0 Å². The Balaban J connectivity index is 1.66. The van der Waals surface area contributed by atoms with E-state index >= 15 is 0 Å². The first-order valence-electron chi connectivity index (χ1n) is 10.8. The highest BCUT2D eigenvalue weighted by atomic mass is 35.5. The number of para-hydroxylation sites is 1. The van der Waals surface area contributed by atoms with Gasteiger partial charge in [0.2, 0.25) is 0 Å². The smallest absolute Gasteiger partial charge is 0.271 e. The molecule has 4 N–H and O–H groups in total. The monoisotopic (exact) mass is 509 g/mol.